The number of aryl methyl sites for hydroxylation is 1. The third kappa shape index (κ3) is 1.75. The van der Waals surface area contributed by atoms with Gasteiger partial charge >= 0.3 is 0 Å². The molecule has 0 aromatic carbocycles. The third-order valence-corrected chi connectivity index (χ3v) is 2.71. The van der Waals surface area contributed by atoms with E-state index >= 15 is 0 Å². The number of hydrogen-bond donors (Lipinski definition) is 0. The Labute approximate surface area is 79.9 Å². The molecular formula is C10H8FNS. The second kappa shape index (κ2) is 3.26. The summed E-state index contributed by atoms with van der Waals surface area (Å²) in [5.74, 6) is -0.180. The van der Waals surface area contributed by atoms with Crippen molar-refractivity contribution in [2.75, 3.05) is 0 Å². The Morgan fingerprint density at radius 3 is 2.77 bits per heavy atom. The van der Waals surface area contributed by atoms with Gasteiger partial charge in [-0.1, -0.05) is 6.07 Å². The van der Waals surface area contributed by atoms with Crippen LogP contribution in [0.15, 0.2) is 29.8 Å². The summed E-state index contributed by atoms with van der Waals surface area (Å²) in [6.07, 6.45) is 1.76. The number of aromatic nitrogens is 1. The van der Waals surface area contributed by atoms with E-state index < -0.39 is 0 Å². The molecule has 0 aliphatic rings. The number of nitrogens with zero attached hydrogens (tertiary/aromatic N) is 1. The second-order valence-corrected chi connectivity index (χ2v) is 3.73. The fourth-order valence-corrected chi connectivity index (χ4v) is 1.82. The lowest BCUT2D eigenvalue weighted by atomic mass is 10.2. The summed E-state index contributed by atoms with van der Waals surface area (Å²) in [6.45, 7) is 1.93. The molecule has 0 bridgehead atoms. The standard InChI is InChI=1S/C10H8FNS/c1-7-2-3-8(5-12-7)10-4-9(11)6-13-10/h2-6H,1H3. The van der Waals surface area contributed by atoms with Crippen LogP contribution in [0.5, 0.6) is 0 Å². The van der Waals surface area contributed by atoms with Crippen molar-refractivity contribution in [1.82, 2.24) is 4.98 Å². The van der Waals surface area contributed by atoms with Crippen molar-refractivity contribution in [3.63, 3.8) is 0 Å². The van der Waals surface area contributed by atoms with Crippen LogP contribution in [0.3, 0.4) is 0 Å². The molecule has 0 N–H and O–H groups in total. The highest BCUT2D eigenvalue weighted by Crippen LogP contribution is 2.25. The topological polar surface area (TPSA) is 12.9 Å². The zero-order valence-corrected chi connectivity index (χ0v) is 7.94. The highest BCUT2D eigenvalue weighted by atomic mass is 32.1. The van der Waals surface area contributed by atoms with E-state index in [-0.39, 0.29) is 5.82 Å². The first-order valence-electron chi connectivity index (χ1n) is 3.93. The molecule has 0 saturated heterocycles. The lowest BCUT2D eigenvalue weighted by molar-refractivity contribution is 0.633. The van der Waals surface area contributed by atoms with Gasteiger partial charge in [0.1, 0.15) is 5.82 Å². The van der Waals surface area contributed by atoms with Crippen molar-refractivity contribution in [3.8, 4) is 10.4 Å². The maximum Gasteiger partial charge on any atom is 0.134 e. The van der Waals surface area contributed by atoms with Crippen LogP contribution in [0, 0.1) is 12.7 Å². The molecule has 3 heteroatoms. The van der Waals surface area contributed by atoms with Crippen LogP contribution < -0.4 is 0 Å². The Kier molecular flexibility index (Phi) is 2.10. The Balaban J connectivity index is 2.41. The summed E-state index contributed by atoms with van der Waals surface area (Å²) < 4.78 is 12.7. The van der Waals surface area contributed by atoms with Crippen molar-refractivity contribution >= 4 is 11.3 Å². The summed E-state index contributed by atoms with van der Waals surface area (Å²) in [5.41, 5.74) is 1.94. The molecule has 66 valence electrons. The number of thiophene rings is 1. The van der Waals surface area contributed by atoms with Gasteiger partial charge in [0.15, 0.2) is 0 Å². The summed E-state index contributed by atoms with van der Waals surface area (Å²) in [6, 6.07) is 5.40. The molecule has 2 aromatic heterocycles. The monoisotopic (exact) mass is 193 g/mol. The number of hydrogen-bond acceptors (Lipinski definition) is 2. The summed E-state index contributed by atoms with van der Waals surface area (Å²) >= 11 is 1.39. The Morgan fingerprint density at radius 2 is 2.23 bits per heavy atom. The van der Waals surface area contributed by atoms with E-state index in [1.54, 1.807) is 6.20 Å². The summed E-state index contributed by atoms with van der Waals surface area (Å²) in [7, 11) is 0. The van der Waals surface area contributed by atoms with Crippen LogP contribution >= 0.6 is 11.3 Å². The zero-order chi connectivity index (χ0) is 9.26. The maximum absolute atomic E-state index is 12.7. The molecule has 0 saturated carbocycles. The van der Waals surface area contributed by atoms with E-state index in [1.165, 1.54) is 22.8 Å². The van der Waals surface area contributed by atoms with Gasteiger partial charge in [-0.05, 0) is 19.1 Å². The van der Waals surface area contributed by atoms with Crippen LogP contribution in [0.4, 0.5) is 4.39 Å². The highest BCUT2D eigenvalue weighted by molar-refractivity contribution is 7.13. The molecule has 2 heterocycles. The Hall–Kier alpha value is -1.22. The van der Waals surface area contributed by atoms with Crippen molar-refractivity contribution in [2.45, 2.75) is 6.92 Å². The van der Waals surface area contributed by atoms with Gasteiger partial charge in [-0.3, -0.25) is 4.98 Å². The van der Waals surface area contributed by atoms with Gasteiger partial charge in [0.25, 0.3) is 0 Å². The fourth-order valence-electron chi connectivity index (χ4n) is 1.08. The van der Waals surface area contributed by atoms with Crippen molar-refractivity contribution < 1.29 is 4.39 Å². The van der Waals surface area contributed by atoms with Crippen LogP contribution in [-0.2, 0) is 0 Å². The van der Waals surface area contributed by atoms with Crippen LogP contribution in [0.2, 0.25) is 0 Å². The van der Waals surface area contributed by atoms with Crippen molar-refractivity contribution in [2.24, 2.45) is 0 Å². The Bertz CT molecular complexity index is 405. The molecule has 0 unspecified atom stereocenters. The van der Waals surface area contributed by atoms with E-state index in [2.05, 4.69) is 4.98 Å². The highest BCUT2D eigenvalue weighted by Gasteiger charge is 2.01. The molecule has 1 nitrogen and oxygen atoms in total. The lowest BCUT2D eigenvalue weighted by Crippen LogP contribution is -1.79. The molecular weight excluding hydrogens is 185 g/mol. The molecule has 0 amide bonds. The molecule has 0 atom stereocenters. The molecule has 0 radical (unpaired) electrons. The average molecular weight is 193 g/mol. The van der Waals surface area contributed by atoms with Crippen molar-refractivity contribution in [3.05, 3.63) is 41.3 Å². The minimum absolute atomic E-state index is 0.180. The molecule has 2 aromatic rings. The zero-order valence-electron chi connectivity index (χ0n) is 7.12. The van der Waals surface area contributed by atoms with Gasteiger partial charge in [0, 0.05) is 27.7 Å². The van der Waals surface area contributed by atoms with E-state index in [9.17, 15) is 4.39 Å². The van der Waals surface area contributed by atoms with Gasteiger partial charge in [-0.25, -0.2) is 4.39 Å². The smallest absolute Gasteiger partial charge is 0.134 e. The number of pyridine rings is 1. The Morgan fingerprint density at radius 1 is 1.38 bits per heavy atom. The molecule has 0 fully saturated rings. The van der Waals surface area contributed by atoms with E-state index in [1.807, 2.05) is 19.1 Å². The second-order valence-electron chi connectivity index (χ2n) is 2.82. The minimum atomic E-state index is -0.180. The normalized spacial score (nSPS) is 10.3. The number of rotatable bonds is 1. The lowest BCUT2D eigenvalue weighted by Gasteiger charge is -1.95. The third-order valence-electron chi connectivity index (χ3n) is 1.76. The molecule has 0 aliphatic carbocycles. The van der Waals surface area contributed by atoms with Gasteiger partial charge in [0.2, 0.25) is 0 Å². The number of halogens is 1. The van der Waals surface area contributed by atoms with Gasteiger partial charge in [-0.2, -0.15) is 0 Å². The summed E-state index contributed by atoms with van der Waals surface area (Å²) in [4.78, 5) is 5.07. The van der Waals surface area contributed by atoms with Crippen molar-refractivity contribution in [1.29, 1.82) is 0 Å². The van der Waals surface area contributed by atoms with Crippen LogP contribution in [-0.4, -0.2) is 4.98 Å². The minimum Gasteiger partial charge on any atom is -0.261 e. The first-order valence-corrected chi connectivity index (χ1v) is 4.81. The first-order chi connectivity index (χ1) is 6.25. The fraction of sp³-hybridized carbons (Fsp3) is 0.100. The predicted molar refractivity (Wildman–Crippen MR) is 52.2 cm³/mol. The predicted octanol–water partition coefficient (Wildman–Crippen LogP) is 3.26. The summed E-state index contributed by atoms with van der Waals surface area (Å²) in [5, 5.41) is 1.50. The molecule has 0 aliphatic heterocycles. The molecule has 13 heavy (non-hydrogen) atoms. The van der Waals surface area contributed by atoms with E-state index in [0.29, 0.717) is 0 Å². The SMILES string of the molecule is Cc1ccc(-c2cc(F)cs2)cn1. The van der Waals surface area contributed by atoms with E-state index in [0.717, 1.165) is 16.1 Å². The molecule has 0 spiro atoms. The largest absolute Gasteiger partial charge is 0.261 e. The van der Waals surface area contributed by atoms with Gasteiger partial charge < -0.3 is 0 Å². The first kappa shape index (κ1) is 8.38. The van der Waals surface area contributed by atoms with E-state index in [4.69, 9.17) is 0 Å². The quantitative estimate of drug-likeness (QED) is 0.677. The van der Waals surface area contributed by atoms with Crippen LogP contribution in [0.1, 0.15) is 5.69 Å². The average Bonchev–Trinajstić information content (AvgIpc) is 2.53. The van der Waals surface area contributed by atoms with Gasteiger partial charge in [-0.15, -0.1) is 11.3 Å². The molecule has 2 rings (SSSR count). The maximum atomic E-state index is 12.7. The van der Waals surface area contributed by atoms with Gasteiger partial charge in [0.05, 0.1) is 0 Å². The van der Waals surface area contributed by atoms with Crippen LogP contribution in [0.25, 0.3) is 10.4 Å².